The van der Waals surface area contributed by atoms with Gasteiger partial charge in [-0.3, -0.25) is 19.3 Å². The van der Waals surface area contributed by atoms with Gasteiger partial charge in [-0.1, -0.05) is 6.07 Å². The molecule has 0 spiro atoms. The molecule has 0 atom stereocenters. The van der Waals surface area contributed by atoms with Crippen molar-refractivity contribution in [1.82, 2.24) is 35.4 Å². The number of ether oxygens (including phenoxy) is 1. The van der Waals surface area contributed by atoms with Gasteiger partial charge in [-0.25, -0.2) is 13.8 Å². The van der Waals surface area contributed by atoms with Crippen LogP contribution in [0.1, 0.15) is 57.7 Å². The van der Waals surface area contributed by atoms with Crippen LogP contribution in [0.15, 0.2) is 36.5 Å². The Morgan fingerprint density at radius 1 is 1.02 bits per heavy atom. The molecule has 19 heteroatoms. The molecule has 1 aromatic carbocycles. The second-order valence-corrected chi connectivity index (χ2v) is 11.1. The Bertz CT molecular complexity index is 1760. The third-order valence-corrected chi connectivity index (χ3v) is 7.76. The minimum atomic E-state index is -4.80. The summed E-state index contributed by atoms with van der Waals surface area (Å²) in [5.41, 5.74) is -1.46. The van der Waals surface area contributed by atoms with E-state index < -0.39 is 66.3 Å². The molecule has 1 fully saturated rings. The first kappa shape index (κ1) is 34.4. The Kier molecular flexibility index (Phi) is 9.76. The standard InChI is InChI=1S/C29H28F8N8O3/c1-45-23-21(11-17(26(43-23)48-13-22(30)31)24(46)40-16-5-3-15(4-6-16)28(32,33)34)42-27(45)41-20-10-14(2-7-18(20)29(35,36)37)12-38-25(47)19-8-9-39-44-19/h2,7-11,15-16,22H,3-6,12-13H2,1H3,(H,38,47)(H,39,44)(H,40,46)(H,41,42). The number of fused-ring (bicyclic) bond motifs is 1. The maximum absolute atomic E-state index is 14.0. The van der Waals surface area contributed by atoms with Crippen molar-refractivity contribution in [3.63, 3.8) is 0 Å². The second kappa shape index (κ2) is 13.6. The molecule has 11 nitrogen and oxygen atoms in total. The number of carbonyl (C=O) groups excluding carboxylic acids is 2. The number of aromatic amines is 1. The number of alkyl halides is 8. The van der Waals surface area contributed by atoms with Crippen LogP contribution in [-0.2, 0) is 19.8 Å². The van der Waals surface area contributed by atoms with Crippen molar-refractivity contribution in [2.45, 2.75) is 57.0 Å². The predicted octanol–water partition coefficient (Wildman–Crippen LogP) is 5.88. The van der Waals surface area contributed by atoms with Crippen molar-refractivity contribution in [2.24, 2.45) is 13.0 Å². The number of hydrogen-bond acceptors (Lipinski definition) is 7. The van der Waals surface area contributed by atoms with Crippen LogP contribution in [0.4, 0.5) is 46.8 Å². The quantitative estimate of drug-likeness (QED) is 0.153. The van der Waals surface area contributed by atoms with Gasteiger partial charge in [0.05, 0.1) is 17.2 Å². The van der Waals surface area contributed by atoms with Crippen LogP contribution >= 0.6 is 0 Å². The van der Waals surface area contributed by atoms with Crippen LogP contribution in [0.2, 0.25) is 0 Å². The third kappa shape index (κ3) is 7.93. The molecule has 0 unspecified atom stereocenters. The number of H-pyrrole nitrogens is 1. The molecule has 0 bridgehead atoms. The Hall–Kier alpha value is -4.97. The number of pyridine rings is 1. The molecule has 2 amide bonds. The smallest absolute Gasteiger partial charge is 0.418 e. The highest BCUT2D eigenvalue weighted by molar-refractivity contribution is 5.99. The maximum Gasteiger partial charge on any atom is 0.418 e. The van der Waals surface area contributed by atoms with E-state index in [0.29, 0.717) is 5.56 Å². The fourth-order valence-electron chi connectivity index (χ4n) is 5.28. The van der Waals surface area contributed by atoms with Crippen molar-refractivity contribution < 1.29 is 49.4 Å². The normalized spacial score (nSPS) is 17.0. The minimum Gasteiger partial charge on any atom is -0.471 e. The van der Waals surface area contributed by atoms with E-state index in [1.807, 2.05) is 0 Å². The molecule has 3 aromatic heterocycles. The Labute approximate surface area is 266 Å². The average Bonchev–Trinajstić information content (AvgIpc) is 3.66. The summed E-state index contributed by atoms with van der Waals surface area (Å²) in [5.74, 6) is -3.59. The van der Waals surface area contributed by atoms with E-state index in [1.54, 1.807) is 0 Å². The van der Waals surface area contributed by atoms with Crippen molar-refractivity contribution in [2.75, 3.05) is 11.9 Å². The van der Waals surface area contributed by atoms with E-state index in [1.165, 1.54) is 29.9 Å². The molecule has 3 heterocycles. The number of aromatic nitrogens is 5. The van der Waals surface area contributed by atoms with Gasteiger partial charge < -0.3 is 20.7 Å². The third-order valence-electron chi connectivity index (χ3n) is 7.76. The topological polar surface area (TPSA) is 139 Å². The van der Waals surface area contributed by atoms with Crippen LogP contribution in [0.25, 0.3) is 11.2 Å². The minimum absolute atomic E-state index is 0.0214. The second-order valence-electron chi connectivity index (χ2n) is 11.1. The SMILES string of the molecule is Cn1c(Nc2cc(CNC(=O)c3ccn[nH]3)ccc2C(F)(F)F)nc2cc(C(=O)NC3CCC(C(F)(F)F)CC3)c(OCC(F)F)nc21. The number of nitrogens with zero attached hydrogens (tertiary/aromatic N) is 4. The summed E-state index contributed by atoms with van der Waals surface area (Å²) in [5, 5.41) is 13.9. The Balaban J connectivity index is 1.42. The van der Waals surface area contributed by atoms with E-state index in [4.69, 9.17) is 4.74 Å². The van der Waals surface area contributed by atoms with Crippen LogP contribution in [0, 0.1) is 5.92 Å². The summed E-state index contributed by atoms with van der Waals surface area (Å²) in [6.45, 7) is -1.28. The van der Waals surface area contributed by atoms with E-state index in [-0.39, 0.29) is 60.6 Å². The number of imidazole rings is 1. The predicted molar refractivity (Wildman–Crippen MR) is 154 cm³/mol. The van der Waals surface area contributed by atoms with Crippen LogP contribution < -0.4 is 20.7 Å². The summed E-state index contributed by atoms with van der Waals surface area (Å²) in [6, 6.07) is 5.10. The largest absolute Gasteiger partial charge is 0.471 e. The van der Waals surface area contributed by atoms with Crippen LogP contribution in [0.3, 0.4) is 0 Å². The number of aryl methyl sites for hydroxylation is 1. The first-order chi connectivity index (χ1) is 22.6. The van der Waals surface area contributed by atoms with Crippen molar-refractivity contribution in [3.8, 4) is 5.88 Å². The molecule has 258 valence electrons. The highest BCUT2D eigenvalue weighted by atomic mass is 19.4. The number of halogens is 8. The summed E-state index contributed by atoms with van der Waals surface area (Å²) in [7, 11) is 1.38. The molecule has 4 N–H and O–H groups in total. The van der Waals surface area contributed by atoms with E-state index in [0.717, 1.165) is 18.2 Å². The van der Waals surface area contributed by atoms with Crippen molar-refractivity contribution in [1.29, 1.82) is 0 Å². The summed E-state index contributed by atoms with van der Waals surface area (Å²) < 4.78 is 114. The van der Waals surface area contributed by atoms with Gasteiger partial charge in [0, 0.05) is 25.8 Å². The first-order valence-corrected chi connectivity index (χ1v) is 14.5. The molecular formula is C29H28F8N8O3. The number of hydrogen-bond donors (Lipinski definition) is 4. The Morgan fingerprint density at radius 3 is 2.38 bits per heavy atom. The summed E-state index contributed by atoms with van der Waals surface area (Å²) in [6.07, 6.45) is -11.1. The highest BCUT2D eigenvalue weighted by Crippen LogP contribution is 2.39. The zero-order valence-corrected chi connectivity index (χ0v) is 25.0. The van der Waals surface area contributed by atoms with Crippen molar-refractivity contribution in [3.05, 3.63) is 58.9 Å². The fourth-order valence-corrected chi connectivity index (χ4v) is 5.28. The van der Waals surface area contributed by atoms with Crippen LogP contribution in [-0.4, -0.2) is 61.8 Å². The molecule has 48 heavy (non-hydrogen) atoms. The van der Waals surface area contributed by atoms with E-state index in [9.17, 15) is 44.7 Å². The van der Waals surface area contributed by atoms with Crippen molar-refractivity contribution >= 4 is 34.6 Å². The van der Waals surface area contributed by atoms with Gasteiger partial charge in [0.1, 0.15) is 16.8 Å². The van der Waals surface area contributed by atoms with Gasteiger partial charge in [-0.15, -0.1) is 0 Å². The number of benzene rings is 1. The molecule has 1 aliphatic carbocycles. The molecule has 0 saturated heterocycles. The molecule has 0 aliphatic heterocycles. The van der Waals surface area contributed by atoms with E-state index in [2.05, 4.69) is 36.1 Å². The Morgan fingerprint density at radius 2 is 1.75 bits per heavy atom. The zero-order chi connectivity index (χ0) is 34.8. The number of amides is 2. The van der Waals surface area contributed by atoms with Gasteiger partial charge >= 0.3 is 12.4 Å². The highest BCUT2D eigenvalue weighted by Gasteiger charge is 2.41. The number of carbonyl (C=O) groups is 2. The summed E-state index contributed by atoms with van der Waals surface area (Å²) in [4.78, 5) is 33.9. The fraction of sp³-hybridized carbons (Fsp3) is 0.414. The molecule has 4 aromatic rings. The van der Waals surface area contributed by atoms with Gasteiger partial charge in [0.15, 0.2) is 12.3 Å². The molecule has 5 rings (SSSR count). The number of nitrogens with one attached hydrogen (secondary N) is 4. The van der Waals surface area contributed by atoms with Gasteiger partial charge in [0.2, 0.25) is 11.8 Å². The van der Waals surface area contributed by atoms with E-state index >= 15 is 0 Å². The lowest BCUT2D eigenvalue weighted by atomic mass is 9.85. The number of anilines is 2. The lowest BCUT2D eigenvalue weighted by Crippen LogP contribution is -2.40. The zero-order valence-electron chi connectivity index (χ0n) is 25.0. The monoisotopic (exact) mass is 688 g/mol. The molecule has 1 saturated carbocycles. The maximum atomic E-state index is 14.0. The first-order valence-electron chi connectivity index (χ1n) is 14.5. The van der Waals surface area contributed by atoms with Gasteiger partial charge in [-0.05, 0) is 55.5 Å². The lowest BCUT2D eigenvalue weighted by Gasteiger charge is -2.30. The lowest BCUT2D eigenvalue weighted by molar-refractivity contribution is -0.182. The molecular weight excluding hydrogens is 660 g/mol. The molecule has 1 aliphatic rings. The van der Waals surface area contributed by atoms with Gasteiger partial charge in [0.25, 0.3) is 18.2 Å². The van der Waals surface area contributed by atoms with Crippen LogP contribution in [0.5, 0.6) is 5.88 Å². The summed E-state index contributed by atoms with van der Waals surface area (Å²) >= 11 is 0. The van der Waals surface area contributed by atoms with Gasteiger partial charge in [-0.2, -0.15) is 36.4 Å². The number of rotatable bonds is 10. The molecule has 0 radical (unpaired) electrons. The average molecular weight is 689 g/mol.